The van der Waals surface area contributed by atoms with Gasteiger partial charge in [-0.05, 0) is 31.1 Å². The van der Waals surface area contributed by atoms with Gasteiger partial charge in [0.1, 0.15) is 6.29 Å². The van der Waals surface area contributed by atoms with E-state index >= 15 is 0 Å². The first kappa shape index (κ1) is 9.76. The number of hydrogen-bond donors (Lipinski definition) is 0. The molecule has 0 aromatic rings. The van der Waals surface area contributed by atoms with Crippen molar-refractivity contribution in [1.82, 2.24) is 0 Å². The molecule has 0 N–H and O–H groups in total. The Bertz CT molecular complexity index is 132. The van der Waals surface area contributed by atoms with E-state index in [2.05, 4.69) is 13.8 Å². The van der Waals surface area contributed by atoms with Gasteiger partial charge in [-0.1, -0.05) is 26.7 Å². The lowest BCUT2D eigenvalue weighted by Crippen LogP contribution is -2.26. The van der Waals surface area contributed by atoms with E-state index < -0.39 is 0 Å². The van der Waals surface area contributed by atoms with E-state index in [4.69, 9.17) is 0 Å². The molecule has 0 unspecified atom stereocenters. The molecule has 70 valence electrons. The number of rotatable bonds is 5. The number of carbonyl (C=O) groups excluding carboxylic acids is 1. The predicted octanol–water partition coefficient (Wildman–Crippen LogP) is 3.04. The lowest BCUT2D eigenvalue weighted by Gasteiger charge is -2.33. The Morgan fingerprint density at radius 1 is 1.33 bits per heavy atom. The fourth-order valence-corrected chi connectivity index (χ4v) is 2.18. The highest BCUT2D eigenvalue weighted by Crippen LogP contribution is 2.37. The van der Waals surface area contributed by atoms with E-state index in [1.807, 2.05) is 0 Å². The largest absolute Gasteiger partial charge is 0.303 e. The van der Waals surface area contributed by atoms with Crippen molar-refractivity contribution in [1.29, 1.82) is 0 Å². The van der Waals surface area contributed by atoms with Gasteiger partial charge in [0.15, 0.2) is 0 Å². The standard InChI is InChI=1S/C11H20O/c1-3-9(4-2)5-10-6-11(7-10)8-12/h8-11H,3-7H2,1-2H3. The smallest absolute Gasteiger partial charge is 0.123 e. The summed E-state index contributed by atoms with van der Waals surface area (Å²) >= 11 is 0. The van der Waals surface area contributed by atoms with Gasteiger partial charge >= 0.3 is 0 Å². The summed E-state index contributed by atoms with van der Waals surface area (Å²) in [6.45, 7) is 4.54. The molecular formula is C11H20O. The van der Waals surface area contributed by atoms with Crippen LogP contribution in [0.5, 0.6) is 0 Å². The van der Waals surface area contributed by atoms with Crippen LogP contribution in [-0.2, 0) is 4.79 Å². The quantitative estimate of drug-likeness (QED) is 0.577. The maximum absolute atomic E-state index is 10.4. The molecule has 0 radical (unpaired) electrons. The Hall–Kier alpha value is -0.330. The molecule has 1 fully saturated rings. The van der Waals surface area contributed by atoms with Crippen LogP contribution in [-0.4, -0.2) is 6.29 Å². The molecule has 0 aliphatic heterocycles. The zero-order valence-electron chi connectivity index (χ0n) is 8.25. The highest BCUT2D eigenvalue weighted by Gasteiger charge is 2.29. The Morgan fingerprint density at radius 3 is 2.33 bits per heavy atom. The van der Waals surface area contributed by atoms with Crippen LogP contribution in [0.25, 0.3) is 0 Å². The fourth-order valence-electron chi connectivity index (χ4n) is 2.18. The molecule has 1 rings (SSSR count). The van der Waals surface area contributed by atoms with Gasteiger partial charge in [0.2, 0.25) is 0 Å². The van der Waals surface area contributed by atoms with Gasteiger partial charge in [0, 0.05) is 5.92 Å². The van der Waals surface area contributed by atoms with Crippen molar-refractivity contribution in [2.24, 2.45) is 17.8 Å². The Kier molecular flexibility index (Phi) is 3.77. The van der Waals surface area contributed by atoms with Crippen LogP contribution in [0.15, 0.2) is 0 Å². The van der Waals surface area contributed by atoms with Crippen LogP contribution < -0.4 is 0 Å². The fraction of sp³-hybridized carbons (Fsp3) is 0.909. The highest BCUT2D eigenvalue weighted by atomic mass is 16.1. The van der Waals surface area contributed by atoms with Gasteiger partial charge in [0.25, 0.3) is 0 Å². The predicted molar refractivity (Wildman–Crippen MR) is 51.0 cm³/mol. The molecule has 0 aromatic heterocycles. The summed E-state index contributed by atoms with van der Waals surface area (Å²) in [5.74, 6) is 2.18. The van der Waals surface area contributed by atoms with E-state index in [-0.39, 0.29) is 0 Å². The van der Waals surface area contributed by atoms with Crippen molar-refractivity contribution in [3.8, 4) is 0 Å². The van der Waals surface area contributed by atoms with E-state index in [0.29, 0.717) is 5.92 Å². The summed E-state index contributed by atoms with van der Waals surface area (Å²) in [6.07, 6.45) is 7.43. The van der Waals surface area contributed by atoms with Gasteiger partial charge in [-0.15, -0.1) is 0 Å². The van der Waals surface area contributed by atoms with Crippen LogP contribution in [0.4, 0.5) is 0 Å². The molecule has 1 aliphatic carbocycles. The molecule has 0 atom stereocenters. The van der Waals surface area contributed by atoms with Crippen molar-refractivity contribution in [2.75, 3.05) is 0 Å². The first-order valence-electron chi connectivity index (χ1n) is 5.25. The molecule has 12 heavy (non-hydrogen) atoms. The zero-order valence-corrected chi connectivity index (χ0v) is 8.25. The van der Waals surface area contributed by atoms with Crippen molar-refractivity contribution in [3.63, 3.8) is 0 Å². The lowest BCUT2D eigenvalue weighted by molar-refractivity contribution is -0.114. The monoisotopic (exact) mass is 168 g/mol. The Balaban J connectivity index is 2.12. The summed E-state index contributed by atoms with van der Waals surface area (Å²) in [6, 6.07) is 0. The van der Waals surface area contributed by atoms with Gasteiger partial charge < -0.3 is 4.79 Å². The average molecular weight is 168 g/mol. The molecule has 0 heterocycles. The molecule has 0 bridgehead atoms. The lowest BCUT2D eigenvalue weighted by atomic mass is 9.71. The minimum absolute atomic E-state index is 0.407. The van der Waals surface area contributed by atoms with Gasteiger partial charge in [-0.3, -0.25) is 0 Å². The summed E-state index contributed by atoms with van der Waals surface area (Å²) in [5, 5.41) is 0. The Labute approximate surface area is 75.5 Å². The minimum Gasteiger partial charge on any atom is -0.303 e. The molecule has 0 spiro atoms. The maximum atomic E-state index is 10.4. The van der Waals surface area contributed by atoms with Crippen molar-refractivity contribution >= 4 is 6.29 Å². The molecule has 1 aliphatic rings. The Morgan fingerprint density at radius 2 is 1.92 bits per heavy atom. The van der Waals surface area contributed by atoms with Gasteiger partial charge in [0.05, 0.1) is 0 Å². The van der Waals surface area contributed by atoms with Gasteiger partial charge in [-0.25, -0.2) is 0 Å². The summed E-state index contributed by atoms with van der Waals surface area (Å²) in [5.41, 5.74) is 0. The normalized spacial score (nSPS) is 28.6. The van der Waals surface area contributed by atoms with Crippen LogP contribution in [0.2, 0.25) is 0 Å². The van der Waals surface area contributed by atoms with Crippen molar-refractivity contribution < 1.29 is 4.79 Å². The third-order valence-electron chi connectivity index (χ3n) is 3.29. The average Bonchev–Trinajstić information content (AvgIpc) is 2.03. The second-order valence-electron chi connectivity index (χ2n) is 4.15. The topological polar surface area (TPSA) is 17.1 Å². The molecule has 0 amide bonds. The SMILES string of the molecule is CCC(CC)CC1CC(C=O)C1. The van der Waals surface area contributed by atoms with E-state index in [9.17, 15) is 4.79 Å². The van der Waals surface area contributed by atoms with Crippen LogP contribution in [0.3, 0.4) is 0 Å². The number of aldehydes is 1. The van der Waals surface area contributed by atoms with Crippen molar-refractivity contribution in [3.05, 3.63) is 0 Å². The second-order valence-corrected chi connectivity index (χ2v) is 4.15. The zero-order chi connectivity index (χ0) is 8.97. The summed E-state index contributed by atoms with van der Waals surface area (Å²) in [7, 11) is 0. The third-order valence-corrected chi connectivity index (χ3v) is 3.29. The first-order chi connectivity index (χ1) is 5.80. The molecular weight excluding hydrogens is 148 g/mol. The molecule has 0 aromatic carbocycles. The van der Waals surface area contributed by atoms with E-state index in [1.54, 1.807) is 0 Å². The number of carbonyl (C=O) groups is 1. The van der Waals surface area contributed by atoms with Crippen LogP contribution in [0, 0.1) is 17.8 Å². The first-order valence-corrected chi connectivity index (χ1v) is 5.25. The summed E-state index contributed by atoms with van der Waals surface area (Å²) in [4.78, 5) is 10.4. The third kappa shape index (κ3) is 2.33. The van der Waals surface area contributed by atoms with E-state index in [0.717, 1.165) is 18.1 Å². The molecule has 1 saturated carbocycles. The minimum atomic E-state index is 0.407. The number of hydrogen-bond acceptors (Lipinski definition) is 1. The van der Waals surface area contributed by atoms with Gasteiger partial charge in [-0.2, -0.15) is 0 Å². The van der Waals surface area contributed by atoms with Crippen LogP contribution >= 0.6 is 0 Å². The van der Waals surface area contributed by atoms with Crippen LogP contribution in [0.1, 0.15) is 46.0 Å². The summed E-state index contributed by atoms with van der Waals surface area (Å²) < 4.78 is 0. The van der Waals surface area contributed by atoms with Crippen molar-refractivity contribution in [2.45, 2.75) is 46.0 Å². The molecule has 0 saturated heterocycles. The second kappa shape index (κ2) is 4.64. The highest BCUT2D eigenvalue weighted by molar-refractivity contribution is 5.54. The maximum Gasteiger partial charge on any atom is 0.123 e. The molecule has 1 nitrogen and oxygen atoms in total. The molecule has 1 heteroatoms. The van der Waals surface area contributed by atoms with E-state index in [1.165, 1.54) is 32.1 Å².